The molecule has 0 heterocycles. The van der Waals surface area contributed by atoms with Crippen LogP contribution in [0.1, 0.15) is 44.1 Å². The number of hydrogen-bond donors (Lipinski definition) is 2. The van der Waals surface area contributed by atoms with Crippen LogP contribution >= 0.6 is 0 Å². The second-order valence-corrected chi connectivity index (χ2v) is 5.28. The smallest absolute Gasteiger partial charge is 0.224 e. The minimum atomic E-state index is 0.121. The van der Waals surface area contributed by atoms with Gasteiger partial charge in [0, 0.05) is 17.8 Å². The lowest BCUT2D eigenvalue weighted by Gasteiger charge is -2.21. The van der Waals surface area contributed by atoms with Crippen LogP contribution in [0.15, 0.2) is 18.2 Å². The van der Waals surface area contributed by atoms with Crippen molar-refractivity contribution < 1.29 is 4.79 Å². The van der Waals surface area contributed by atoms with E-state index in [1.165, 1.54) is 32.1 Å². The van der Waals surface area contributed by atoms with Crippen molar-refractivity contribution in [3.8, 4) is 0 Å². The number of benzene rings is 1. The highest BCUT2D eigenvalue weighted by Crippen LogP contribution is 2.27. The number of carbonyl (C=O) groups is 1. The van der Waals surface area contributed by atoms with E-state index in [4.69, 9.17) is 5.73 Å². The van der Waals surface area contributed by atoms with Crippen LogP contribution < -0.4 is 11.1 Å². The van der Waals surface area contributed by atoms with E-state index >= 15 is 0 Å². The number of carbonyl (C=O) groups excluding carboxylic acids is 1. The summed E-state index contributed by atoms with van der Waals surface area (Å²) in [5.74, 6) is 0.690. The molecule has 1 aliphatic rings. The van der Waals surface area contributed by atoms with Gasteiger partial charge in [0.1, 0.15) is 0 Å². The number of rotatable bonds is 3. The van der Waals surface area contributed by atoms with E-state index in [1.807, 2.05) is 25.1 Å². The van der Waals surface area contributed by atoms with Crippen molar-refractivity contribution in [2.24, 2.45) is 5.92 Å². The molecule has 1 aromatic rings. The Morgan fingerprint density at radius 2 is 2.06 bits per heavy atom. The van der Waals surface area contributed by atoms with Gasteiger partial charge in [0.15, 0.2) is 0 Å². The van der Waals surface area contributed by atoms with E-state index < -0.39 is 0 Å². The fourth-order valence-electron chi connectivity index (χ4n) is 2.64. The van der Waals surface area contributed by atoms with Gasteiger partial charge in [-0.1, -0.05) is 25.3 Å². The Hall–Kier alpha value is -1.51. The molecule has 1 aromatic carbocycles. The molecule has 3 nitrogen and oxygen atoms in total. The van der Waals surface area contributed by atoms with E-state index in [0.717, 1.165) is 16.9 Å². The summed E-state index contributed by atoms with van der Waals surface area (Å²) in [5.41, 5.74) is 8.35. The molecule has 0 atom stereocenters. The Labute approximate surface area is 109 Å². The van der Waals surface area contributed by atoms with Gasteiger partial charge in [-0.2, -0.15) is 0 Å². The predicted octanol–water partition coefficient (Wildman–Crippen LogP) is 3.49. The summed E-state index contributed by atoms with van der Waals surface area (Å²) < 4.78 is 0. The number of hydrogen-bond acceptors (Lipinski definition) is 2. The van der Waals surface area contributed by atoms with E-state index in [2.05, 4.69) is 5.32 Å². The lowest BCUT2D eigenvalue weighted by molar-refractivity contribution is -0.117. The van der Waals surface area contributed by atoms with Gasteiger partial charge in [0.05, 0.1) is 0 Å². The molecule has 0 saturated heterocycles. The third-order valence-electron chi connectivity index (χ3n) is 3.85. The van der Waals surface area contributed by atoms with E-state index in [-0.39, 0.29) is 5.91 Å². The molecular weight excluding hydrogens is 224 g/mol. The first-order valence-electron chi connectivity index (χ1n) is 6.82. The highest BCUT2D eigenvalue weighted by molar-refractivity contribution is 5.92. The molecule has 2 rings (SSSR count). The van der Waals surface area contributed by atoms with Crippen molar-refractivity contribution in [3.63, 3.8) is 0 Å². The van der Waals surface area contributed by atoms with Gasteiger partial charge in [-0.05, 0) is 43.4 Å². The normalized spacial score (nSPS) is 16.5. The average molecular weight is 246 g/mol. The lowest BCUT2D eigenvalue weighted by atomic mass is 9.87. The minimum absolute atomic E-state index is 0.121. The quantitative estimate of drug-likeness (QED) is 0.802. The first-order chi connectivity index (χ1) is 8.66. The maximum atomic E-state index is 12.0. The fourth-order valence-corrected chi connectivity index (χ4v) is 2.64. The number of amides is 1. The highest BCUT2D eigenvalue weighted by Gasteiger charge is 2.17. The summed E-state index contributed by atoms with van der Waals surface area (Å²) >= 11 is 0. The Kier molecular flexibility index (Phi) is 4.24. The van der Waals surface area contributed by atoms with E-state index in [0.29, 0.717) is 12.3 Å². The Bertz CT molecular complexity index is 423. The Morgan fingerprint density at radius 1 is 1.33 bits per heavy atom. The zero-order chi connectivity index (χ0) is 13.0. The third kappa shape index (κ3) is 3.25. The fraction of sp³-hybridized carbons (Fsp3) is 0.533. The van der Waals surface area contributed by atoms with Crippen LogP contribution in [-0.2, 0) is 4.79 Å². The van der Waals surface area contributed by atoms with Crippen molar-refractivity contribution in [2.45, 2.75) is 45.4 Å². The highest BCUT2D eigenvalue weighted by atomic mass is 16.1. The molecule has 3 N–H and O–H groups in total. The van der Waals surface area contributed by atoms with Crippen molar-refractivity contribution in [1.82, 2.24) is 0 Å². The molecule has 0 aromatic heterocycles. The molecule has 1 saturated carbocycles. The molecular formula is C15H22N2O. The van der Waals surface area contributed by atoms with Gasteiger partial charge in [-0.25, -0.2) is 0 Å². The summed E-state index contributed by atoms with van der Waals surface area (Å²) in [6.07, 6.45) is 6.91. The van der Waals surface area contributed by atoms with Crippen LogP contribution in [0, 0.1) is 12.8 Å². The number of anilines is 2. The van der Waals surface area contributed by atoms with E-state index in [9.17, 15) is 4.79 Å². The maximum Gasteiger partial charge on any atom is 0.224 e. The standard InChI is InChI=1S/C15H22N2O/c1-11-13(16)8-5-9-14(11)17-15(18)10-12-6-3-2-4-7-12/h5,8-9,12H,2-4,6-7,10,16H2,1H3,(H,17,18). The number of nitrogens with two attached hydrogens (primary N) is 1. The van der Waals surface area contributed by atoms with Gasteiger partial charge >= 0.3 is 0 Å². The molecule has 18 heavy (non-hydrogen) atoms. The maximum absolute atomic E-state index is 12.0. The van der Waals surface area contributed by atoms with Crippen molar-refractivity contribution in [2.75, 3.05) is 11.1 Å². The first-order valence-corrected chi connectivity index (χ1v) is 6.82. The first kappa shape index (κ1) is 12.9. The monoisotopic (exact) mass is 246 g/mol. The van der Waals surface area contributed by atoms with Crippen molar-refractivity contribution >= 4 is 17.3 Å². The second kappa shape index (κ2) is 5.89. The van der Waals surface area contributed by atoms with Crippen LogP contribution in [0.5, 0.6) is 0 Å². The average Bonchev–Trinajstić information content (AvgIpc) is 2.36. The lowest BCUT2D eigenvalue weighted by Crippen LogP contribution is -2.18. The molecule has 1 fully saturated rings. The van der Waals surface area contributed by atoms with Crippen molar-refractivity contribution in [1.29, 1.82) is 0 Å². The zero-order valence-electron chi connectivity index (χ0n) is 11.0. The second-order valence-electron chi connectivity index (χ2n) is 5.28. The minimum Gasteiger partial charge on any atom is -0.398 e. The summed E-state index contributed by atoms with van der Waals surface area (Å²) in [4.78, 5) is 12.0. The molecule has 1 amide bonds. The summed E-state index contributed by atoms with van der Waals surface area (Å²) in [7, 11) is 0. The molecule has 0 bridgehead atoms. The predicted molar refractivity (Wildman–Crippen MR) is 75.4 cm³/mol. The van der Waals surface area contributed by atoms with Gasteiger partial charge < -0.3 is 11.1 Å². The van der Waals surface area contributed by atoms with E-state index in [1.54, 1.807) is 0 Å². The molecule has 0 radical (unpaired) electrons. The van der Waals surface area contributed by atoms with Crippen LogP contribution in [0.3, 0.4) is 0 Å². The van der Waals surface area contributed by atoms with Crippen molar-refractivity contribution in [3.05, 3.63) is 23.8 Å². The van der Waals surface area contributed by atoms with Crippen LogP contribution in [0.25, 0.3) is 0 Å². The Morgan fingerprint density at radius 3 is 2.78 bits per heavy atom. The molecule has 0 spiro atoms. The van der Waals surface area contributed by atoms with Gasteiger partial charge in [-0.3, -0.25) is 4.79 Å². The summed E-state index contributed by atoms with van der Waals surface area (Å²) in [5, 5.41) is 2.98. The Balaban J connectivity index is 1.92. The molecule has 98 valence electrons. The molecule has 0 unspecified atom stereocenters. The van der Waals surface area contributed by atoms with Gasteiger partial charge in [0.2, 0.25) is 5.91 Å². The molecule has 1 aliphatic carbocycles. The number of nitrogens with one attached hydrogen (secondary N) is 1. The SMILES string of the molecule is Cc1c(N)cccc1NC(=O)CC1CCCCC1. The topological polar surface area (TPSA) is 55.1 Å². The van der Waals surface area contributed by atoms with Crippen LogP contribution in [-0.4, -0.2) is 5.91 Å². The zero-order valence-corrected chi connectivity index (χ0v) is 11.0. The largest absolute Gasteiger partial charge is 0.398 e. The van der Waals surface area contributed by atoms with Gasteiger partial charge in [0.25, 0.3) is 0 Å². The number of nitrogen functional groups attached to an aromatic ring is 1. The third-order valence-corrected chi connectivity index (χ3v) is 3.85. The van der Waals surface area contributed by atoms with Crippen LogP contribution in [0.2, 0.25) is 0 Å². The summed E-state index contributed by atoms with van der Waals surface area (Å²) in [6, 6.07) is 5.63. The van der Waals surface area contributed by atoms with Gasteiger partial charge in [-0.15, -0.1) is 0 Å². The summed E-state index contributed by atoms with van der Waals surface area (Å²) in [6.45, 7) is 1.94. The molecule has 0 aliphatic heterocycles. The van der Waals surface area contributed by atoms with Crippen LogP contribution in [0.4, 0.5) is 11.4 Å². The molecule has 3 heteroatoms.